The molecule has 0 aliphatic carbocycles. The first-order valence-corrected chi connectivity index (χ1v) is 6.86. The van der Waals surface area contributed by atoms with Gasteiger partial charge in [0.1, 0.15) is 0 Å². The van der Waals surface area contributed by atoms with Gasteiger partial charge in [-0.3, -0.25) is 4.79 Å². The molecule has 1 unspecified atom stereocenters. The van der Waals surface area contributed by atoms with Crippen LogP contribution in [0, 0.1) is 0 Å². The summed E-state index contributed by atoms with van der Waals surface area (Å²) in [5, 5.41) is 12.5. The highest BCUT2D eigenvalue weighted by Crippen LogP contribution is 2.27. The fraction of sp³-hybridized carbons (Fsp3) is 0.273. The molecule has 90 valence electrons. The van der Waals surface area contributed by atoms with Crippen molar-refractivity contribution in [1.82, 2.24) is 4.98 Å². The van der Waals surface area contributed by atoms with E-state index in [4.69, 9.17) is 5.11 Å². The SMILES string of the molecule is O=C(O)CCC(Br)Nc1nc2ccccc2s1. The summed E-state index contributed by atoms with van der Waals surface area (Å²) in [6.07, 6.45) is 0.652. The van der Waals surface area contributed by atoms with E-state index in [-0.39, 0.29) is 11.4 Å². The third kappa shape index (κ3) is 3.41. The van der Waals surface area contributed by atoms with E-state index in [0.717, 1.165) is 15.3 Å². The first kappa shape index (κ1) is 12.3. The maximum atomic E-state index is 10.4. The fourth-order valence-corrected chi connectivity index (χ4v) is 2.91. The Morgan fingerprint density at radius 1 is 1.53 bits per heavy atom. The van der Waals surface area contributed by atoms with Gasteiger partial charge in [-0.2, -0.15) is 0 Å². The van der Waals surface area contributed by atoms with Crippen LogP contribution in [0.2, 0.25) is 0 Å². The number of carboxylic acid groups (broad SMARTS) is 1. The lowest BCUT2D eigenvalue weighted by atomic mass is 10.3. The quantitative estimate of drug-likeness (QED) is 0.656. The summed E-state index contributed by atoms with van der Waals surface area (Å²) in [6.45, 7) is 0. The Morgan fingerprint density at radius 2 is 2.29 bits per heavy atom. The van der Waals surface area contributed by atoms with Crippen molar-refractivity contribution in [2.75, 3.05) is 5.32 Å². The van der Waals surface area contributed by atoms with Crippen LogP contribution >= 0.6 is 27.3 Å². The second-order valence-corrected chi connectivity index (χ2v) is 5.67. The number of hydrogen-bond donors (Lipinski definition) is 2. The van der Waals surface area contributed by atoms with Gasteiger partial charge in [-0.1, -0.05) is 39.4 Å². The van der Waals surface area contributed by atoms with E-state index in [1.807, 2.05) is 24.3 Å². The summed E-state index contributed by atoms with van der Waals surface area (Å²) in [5.74, 6) is -0.791. The molecule has 0 spiro atoms. The van der Waals surface area contributed by atoms with Gasteiger partial charge in [-0.05, 0) is 18.6 Å². The molecule has 2 rings (SSSR count). The summed E-state index contributed by atoms with van der Waals surface area (Å²) in [5.41, 5.74) is 0.956. The van der Waals surface area contributed by atoms with Crippen molar-refractivity contribution in [3.63, 3.8) is 0 Å². The van der Waals surface area contributed by atoms with Crippen LogP contribution < -0.4 is 5.32 Å². The number of aromatic nitrogens is 1. The number of hydrogen-bond acceptors (Lipinski definition) is 4. The largest absolute Gasteiger partial charge is 0.481 e. The average molecular weight is 315 g/mol. The summed E-state index contributed by atoms with van der Waals surface area (Å²) in [7, 11) is 0. The molecule has 0 aliphatic heterocycles. The average Bonchev–Trinajstić information content (AvgIpc) is 2.68. The molecule has 6 heteroatoms. The maximum absolute atomic E-state index is 10.4. The normalized spacial score (nSPS) is 12.5. The number of carboxylic acids is 1. The highest BCUT2D eigenvalue weighted by Gasteiger charge is 2.09. The molecular weight excluding hydrogens is 304 g/mol. The minimum absolute atomic E-state index is 0.0702. The van der Waals surface area contributed by atoms with Crippen LogP contribution in [0.15, 0.2) is 24.3 Å². The molecular formula is C11H11BrN2O2S. The van der Waals surface area contributed by atoms with E-state index in [2.05, 4.69) is 26.2 Å². The predicted molar refractivity (Wildman–Crippen MR) is 72.8 cm³/mol. The smallest absolute Gasteiger partial charge is 0.303 e. The molecule has 1 heterocycles. The van der Waals surface area contributed by atoms with Crippen LogP contribution in [0.25, 0.3) is 10.2 Å². The van der Waals surface area contributed by atoms with E-state index in [1.165, 1.54) is 0 Å². The first-order valence-electron chi connectivity index (χ1n) is 5.13. The van der Waals surface area contributed by atoms with Crippen molar-refractivity contribution >= 4 is 48.6 Å². The highest BCUT2D eigenvalue weighted by molar-refractivity contribution is 9.09. The minimum atomic E-state index is -0.791. The molecule has 1 aromatic carbocycles. The van der Waals surface area contributed by atoms with Crippen LogP contribution in [-0.4, -0.2) is 21.0 Å². The second-order valence-electron chi connectivity index (χ2n) is 3.53. The van der Waals surface area contributed by atoms with Crippen LogP contribution in [0.5, 0.6) is 0 Å². The molecule has 17 heavy (non-hydrogen) atoms. The Kier molecular flexibility index (Phi) is 3.96. The van der Waals surface area contributed by atoms with E-state index in [0.29, 0.717) is 6.42 Å². The summed E-state index contributed by atoms with van der Waals surface area (Å²) in [6, 6.07) is 7.89. The molecule has 0 saturated carbocycles. The maximum Gasteiger partial charge on any atom is 0.303 e. The number of thiazole rings is 1. The first-order chi connectivity index (χ1) is 8.15. The zero-order valence-electron chi connectivity index (χ0n) is 8.89. The van der Waals surface area contributed by atoms with Crippen molar-refractivity contribution in [3.05, 3.63) is 24.3 Å². The van der Waals surface area contributed by atoms with Crippen molar-refractivity contribution in [2.24, 2.45) is 0 Å². The standard InChI is InChI=1S/C11H11BrN2O2S/c12-9(5-6-10(15)16)14-11-13-7-3-1-2-4-8(7)17-11/h1-4,9H,5-6H2,(H,13,14)(H,15,16). The number of fused-ring (bicyclic) bond motifs is 1. The van der Waals surface area contributed by atoms with Crippen LogP contribution in [0.3, 0.4) is 0 Å². The number of halogens is 1. The lowest BCUT2D eigenvalue weighted by Crippen LogP contribution is -2.13. The Morgan fingerprint density at radius 3 is 3.00 bits per heavy atom. The zero-order chi connectivity index (χ0) is 12.3. The molecule has 0 amide bonds. The molecule has 0 saturated heterocycles. The highest BCUT2D eigenvalue weighted by atomic mass is 79.9. The molecule has 1 aromatic heterocycles. The number of rotatable bonds is 5. The molecule has 1 atom stereocenters. The predicted octanol–water partition coefficient (Wildman–Crippen LogP) is 3.29. The Hall–Kier alpha value is -1.14. The van der Waals surface area contributed by atoms with E-state index in [1.54, 1.807) is 11.3 Å². The number of nitrogens with one attached hydrogen (secondary N) is 1. The molecule has 0 aliphatic rings. The number of nitrogens with zero attached hydrogens (tertiary/aromatic N) is 1. The van der Waals surface area contributed by atoms with E-state index in [9.17, 15) is 4.79 Å². The minimum Gasteiger partial charge on any atom is -0.481 e. The number of alkyl halides is 1. The summed E-state index contributed by atoms with van der Waals surface area (Å²) >= 11 is 4.95. The van der Waals surface area contributed by atoms with Gasteiger partial charge in [0.15, 0.2) is 5.13 Å². The van der Waals surface area contributed by atoms with Crippen molar-refractivity contribution < 1.29 is 9.90 Å². The van der Waals surface area contributed by atoms with E-state index < -0.39 is 5.97 Å². The Bertz CT molecular complexity index is 496. The zero-order valence-corrected chi connectivity index (χ0v) is 11.3. The Labute approximate surface area is 111 Å². The van der Waals surface area contributed by atoms with Crippen LogP contribution in [0.4, 0.5) is 5.13 Å². The number of carbonyl (C=O) groups is 1. The molecule has 0 fully saturated rings. The third-order valence-corrected chi connectivity index (χ3v) is 3.84. The van der Waals surface area contributed by atoms with E-state index >= 15 is 0 Å². The van der Waals surface area contributed by atoms with Crippen molar-refractivity contribution in [1.29, 1.82) is 0 Å². The molecule has 0 bridgehead atoms. The monoisotopic (exact) mass is 314 g/mol. The van der Waals surface area contributed by atoms with Gasteiger partial charge < -0.3 is 10.4 Å². The van der Waals surface area contributed by atoms with Gasteiger partial charge in [0, 0.05) is 6.42 Å². The molecule has 2 aromatic rings. The number of anilines is 1. The molecule has 4 nitrogen and oxygen atoms in total. The lowest BCUT2D eigenvalue weighted by molar-refractivity contribution is -0.137. The summed E-state index contributed by atoms with van der Waals surface area (Å²) < 4.78 is 1.12. The fourth-order valence-electron chi connectivity index (χ4n) is 1.39. The summed E-state index contributed by atoms with van der Waals surface area (Å²) in [4.78, 5) is 14.8. The van der Waals surface area contributed by atoms with Crippen LogP contribution in [-0.2, 0) is 4.79 Å². The lowest BCUT2D eigenvalue weighted by Gasteiger charge is -2.08. The topological polar surface area (TPSA) is 62.2 Å². The van der Waals surface area contributed by atoms with Gasteiger partial charge >= 0.3 is 5.97 Å². The van der Waals surface area contributed by atoms with Gasteiger partial charge in [0.2, 0.25) is 0 Å². The second kappa shape index (κ2) is 5.46. The molecule has 0 radical (unpaired) electrons. The van der Waals surface area contributed by atoms with Gasteiger partial charge in [-0.15, -0.1) is 0 Å². The Balaban J connectivity index is 2.00. The van der Waals surface area contributed by atoms with Crippen LogP contribution in [0.1, 0.15) is 12.8 Å². The van der Waals surface area contributed by atoms with Gasteiger partial charge in [0.05, 0.1) is 15.2 Å². The third-order valence-electron chi connectivity index (χ3n) is 2.19. The molecule has 2 N–H and O–H groups in total. The number of aliphatic carboxylic acids is 1. The van der Waals surface area contributed by atoms with Gasteiger partial charge in [-0.25, -0.2) is 4.98 Å². The number of para-hydroxylation sites is 1. The number of benzene rings is 1. The van der Waals surface area contributed by atoms with Crippen molar-refractivity contribution in [2.45, 2.75) is 17.8 Å². The van der Waals surface area contributed by atoms with Gasteiger partial charge in [0.25, 0.3) is 0 Å². The van der Waals surface area contributed by atoms with Crippen molar-refractivity contribution in [3.8, 4) is 0 Å².